The first kappa shape index (κ1) is 10.6. The van der Waals surface area contributed by atoms with E-state index in [2.05, 4.69) is 4.85 Å². The summed E-state index contributed by atoms with van der Waals surface area (Å²) < 4.78 is 26.7. The smallest absolute Gasteiger partial charge is 0.280 e. The van der Waals surface area contributed by atoms with Gasteiger partial charge in [0.25, 0.3) is 5.92 Å². The van der Waals surface area contributed by atoms with Gasteiger partial charge in [-0.05, 0) is 6.92 Å². The zero-order valence-corrected chi connectivity index (χ0v) is 7.93. The molecule has 0 aliphatic heterocycles. The van der Waals surface area contributed by atoms with Gasteiger partial charge in [0.15, 0.2) is 0 Å². The van der Waals surface area contributed by atoms with Gasteiger partial charge in [-0.25, -0.2) is 15.4 Å². The second-order valence-corrected chi connectivity index (χ2v) is 3.20. The van der Waals surface area contributed by atoms with Crippen LogP contribution in [0.3, 0.4) is 0 Å². The molecular weight excluding hydrogens is 184 g/mol. The lowest BCUT2D eigenvalue weighted by molar-refractivity contribution is -0.00892. The fourth-order valence-electron chi connectivity index (χ4n) is 1.14. The van der Waals surface area contributed by atoms with E-state index in [1.807, 2.05) is 6.92 Å². The summed E-state index contributed by atoms with van der Waals surface area (Å²) in [5.74, 6) is -2.88. The molecule has 0 amide bonds. The zero-order chi connectivity index (χ0) is 10.6. The molecule has 14 heavy (non-hydrogen) atoms. The molecule has 0 aromatic heterocycles. The maximum Gasteiger partial charge on any atom is 0.280 e. The summed E-state index contributed by atoms with van der Waals surface area (Å²) in [4.78, 5) is 2.93. The van der Waals surface area contributed by atoms with Crippen molar-refractivity contribution in [1.29, 1.82) is 0 Å². The van der Waals surface area contributed by atoms with Gasteiger partial charge in [-0.3, -0.25) is 0 Å². The number of alkyl halides is 2. The molecule has 0 atom stereocenters. The maximum atomic E-state index is 13.3. The number of hydrogen-bond acceptors (Lipinski definition) is 0. The van der Waals surface area contributed by atoms with Crippen LogP contribution in [0.25, 0.3) is 4.85 Å². The lowest BCUT2D eigenvalue weighted by Crippen LogP contribution is -2.14. The average Bonchev–Trinajstić information content (AvgIpc) is 2.16. The first-order chi connectivity index (χ1) is 6.56. The van der Waals surface area contributed by atoms with Gasteiger partial charge in [0.05, 0.1) is 6.42 Å². The molecule has 74 valence electrons. The molecule has 0 bridgehead atoms. The largest absolute Gasteiger partial charge is 0.317 e. The van der Waals surface area contributed by atoms with Gasteiger partial charge in [0.1, 0.15) is 0 Å². The Morgan fingerprint density at radius 3 is 2.36 bits per heavy atom. The summed E-state index contributed by atoms with van der Waals surface area (Å²) >= 11 is 0. The second kappa shape index (κ2) is 4.19. The Bertz CT molecular complexity index is 335. The molecule has 0 radical (unpaired) electrons. The van der Waals surface area contributed by atoms with E-state index in [9.17, 15) is 8.78 Å². The second-order valence-electron chi connectivity index (χ2n) is 3.20. The van der Waals surface area contributed by atoms with Crippen molar-refractivity contribution in [3.05, 3.63) is 46.8 Å². The van der Waals surface area contributed by atoms with E-state index < -0.39 is 12.3 Å². The van der Waals surface area contributed by atoms with Gasteiger partial charge in [-0.2, -0.15) is 0 Å². The molecule has 0 aliphatic rings. The Morgan fingerprint density at radius 1 is 1.29 bits per heavy atom. The van der Waals surface area contributed by atoms with E-state index >= 15 is 0 Å². The van der Waals surface area contributed by atoms with E-state index in [-0.39, 0.29) is 12.1 Å². The molecule has 1 nitrogen and oxygen atoms in total. The highest BCUT2D eigenvalue weighted by Gasteiger charge is 2.32. The lowest BCUT2D eigenvalue weighted by atomic mass is 10.0. The summed E-state index contributed by atoms with van der Waals surface area (Å²) in [6, 6.07) is 6.14. The van der Waals surface area contributed by atoms with Gasteiger partial charge in [0.2, 0.25) is 6.54 Å². The minimum absolute atomic E-state index is 0.00764. The predicted octanol–water partition coefficient (Wildman–Crippen LogP) is 3.40. The first-order valence-corrected chi connectivity index (χ1v) is 4.34. The topological polar surface area (TPSA) is 4.36 Å². The summed E-state index contributed by atoms with van der Waals surface area (Å²) in [6.45, 7) is 8.18. The van der Waals surface area contributed by atoms with E-state index in [4.69, 9.17) is 6.57 Å². The van der Waals surface area contributed by atoms with Crippen LogP contribution in [0.2, 0.25) is 0 Å². The van der Waals surface area contributed by atoms with E-state index in [0.29, 0.717) is 0 Å². The molecule has 1 rings (SSSR count). The van der Waals surface area contributed by atoms with E-state index in [1.165, 1.54) is 12.1 Å². The minimum Gasteiger partial charge on any atom is -0.317 e. The molecule has 0 aliphatic carbocycles. The Morgan fingerprint density at radius 2 is 1.86 bits per heavy atom. The van der Waals surface area contributed by atoms with Crippen molar-refractivity contribution in [2.75, 3.05) is 6.54 Å². The molecule has 3 heteroatoms. The van der Waals surface area contributed by atoms with Gasteiger partial charge < -0.3 is 4.85 Å². The Balaban J connectivity index is 2.82. The summed E-state index contributed by atoms with van der Waals surface area (Å²) in [7, 11) is 0. The van der Waals surface area contributed by atoms with Crippen LogP contribution >= 0.6 is 0 Å². The first-order valence-electron chi connectivity index (χ1n) is 4.34. The van der Waals surface area contributed by atoms with Crippen LogP contribution in [0.1, 0.15) is 17.5 Å². The van der Waals surface area contributed by atoms with Crippen LogP contribution in [0, 0.1) is 13.5 Å². The molecule has 0 fully saturated rings. The van der Waals surface area contributed by atoms with Gasteiger partial charge in [0, 0.05) is 5.56 Å². The van der Waals surface area contributed by atoms with Crippen LogP contribution in [0.5, 0.6) is 0 Å². The number of rotatable bonds is 3. The lowest BCUT2D eigenvalue weighted by Gasteiger charge is -2.13. The normalized spacial score (nSPS) is 11.0. The number of benzene rings is 1. The molecular formula is C11H11F2N. The van der Waals surface area contributed by atoms with Gasteiger partial charge >= 0.3 is 0 Å². The molecule has 0 N–H and O–H groups in total. The van der Waals surface area contributed by atoms with Crippen molar-refractivity contribution >= 4 is 0 Å². The molecule has 1 aromatic rings. The minimum atomic E-state index is -2.88. The molecule has 0 saturated carbocycles. The highest BCUT2D eigenvalue weighted by molar-refractivity contribution is 5.24. The zero-order valence-electron chi connectivity index (χ0n) is 7.93. The number of hydrogen-bond donors (Lipinski definition) is 0. The van der Waals surface area contributed by atoms with Gasteiger partial charge in [-0.1, -0.05) is 29.8 Å². The van der Waals surface area contributed by atoms with E-state index in [1.54, 1.807) is 12.1 Å². The third kappa shape index (κ3) is 2.53. The summed E-state index contributed by atoms with van der Waals surface area (Å²) in [5.41, 5.74) is 0.946. The van der Waals surface area contributed by atoms with Crippen LogP contribution in [0.15, 0.2) is 24.3 Å². The monoisotopic (exact) mass is 195 g/mol. The molecule has 1 aromatic carbocycles. The third-order valence-electron chi connectivity index (χ3n) is 2.01. The quantitative estimate of drug-likeness (QED) is 0.651. The molecule has 0 spiro atoms. The SMILES string of the molecule is [C-]#[N+]CCC(F)(F)c1ccc(C)cc1. The Hall–Kier alpha value is -1.43. The van der Waals surface area contributed by atoms with Crippen molar-refractivity contribution in [2.24, 2.45) is 0 Å². The average molecular weight is 195 g/mol. The van der Waals surface area contributed by atoms with Crippen LogP contribution in [0.4, 0.5) is 8.78 Å². The van der Waals surface area contributed by atoms with Crippen molar-refractivity contribution in [2.45, 2.75) is 19.3 Å². The van der Waals surface area contributed by atoms with Crippen molar-refractivity contribution in [3.63, 3.8) is 0 Å². The van der Waals surface area contributed by atoms with Crippen molar-refractivity contribution < 1.29 is 8.78 Å². The van der Waals surface area contributed by atoms with Crippen LogP contribution in [-0.2, 0) is 5.92 Å². The fourth-order valence-corrected chi connectivity index (χ4v) is 1.14. The van der Waals surface area contributed by atoms with Crippen LogP contribution in [-0.4, -0.2) is 6.54 Å². The van der Waals surface area contributed by atoms with Crippen LogP contribution < -0.4 is 0 Å². The van der Waals surface area contributed by atoms with Crippen molar-refractivity contribution in [3.8, 4) is 0 Å². The molecule has 0 saturated heterocycles. The number of halogens is 2. The van der Waals surface area contributed by atoms with Gasteiger partial charge in [-0.15, -0.1) is 0 Å². The molecule has 0 unspecified atom stereocenters. The summed E-state index contributed by atoms with van der Waals surface area (Å²) in [5, 5.41) is 0. The highest BCUT2D eigenvalue weighted by atomic mass is 19.3. The highest BCUT2D eigenvalue weighted by Crippen LogP contribution is 2.31. The van der Waals surface area contributed by atoms with Crippen molar-refractivity contribution in [1.82, 2.24) is 0 Å². The Labute approximate surface area is 82.2 Å². The maximum absolute atomic E-state index is 13.3. The molecule has 0 heterocycles. The van der Waals surface area contributed by atoms with E-state index in [0.717, 1.165) is 5.56 Å². The standard InChI is InChI=1S/C11H11F2N/c1-9-3-5-10(6-4-9)11(12,13)7-8-14-2/h3-6H,7-8H2,1H3. The number of aryl methyl sites for hydroxylation is 1. The number of nitrogens with zero attached hydrogens (tertiary/aromatic N) is 1. The predicted molar refractivity (Wildman–Crippen MR) is 51.2 cm³/mol. The third-order valence-corrected chi connectivity index (χ3v) is 2.01. The Kier molecular flexibility index (Phi) is 3.19. The fraction of sp³-hybridized carbons (Fsp3) is 0.364. The summed E-state index contributed by atoms with van der Waals surface area (Å²) in [6.07, 6.45) is -0.403.